The van der Waals surface area contributed by atoms with E-state index in [9.17, 15) is 15.2 Å². The van der Waals surface area contributed by atoms with Crippen LogP contribution in [0.1, 0.15) is 17.2 Å². The van der Waals surface area contributed by atoms with Crippen LogP contribution in [0.2, 0.25) is 0 Å². The Morgan fingerprint density at radius 3 is 2.80 bits per heavy atom. The normalized spacial score (nSPS) is 12.5. The maximum Gasteiger partial charge on any atom is 0.275 e. The van der Waals surface area contributed by atoms with Crippen molar-refractivity contribution >= 4 is 5.69 Å². The fourth-order valence-electron chi connectivity index (χ4n) is 1.55. The van der Waals surface area contributed by atoms with Crippen LogP contribution < -0.4 is 5.32 Å². The highest BCUT2D eigenvalue weighted by molar-refractivity contribution is 5.46. The summed E-state index contributed by atoms with van der Waals surface area (Å²) in [7, 11) is 1.69. The Bertz CT molecular complexity index is 366. The van der Waals surface area contributed by atoms with Crippen LogP contribution in [0.5, 0.6) is 0 Å². The van der Waals surface area contributed by atoms with Gasteiger partial charge in [-0.05, 0) is 19.5 Å². The van der Waals surface area contributed by atoms with E-state index >= 15 is 0 Å². The molecule has 0 saturated heterocycles. The fraction of sp³-hybridized carbons (Fsp3) is 0.400. The van der Waals surface area contributed by atoms with Crippen LogP contribution in [0.15, 0.2) is 18.2 Å². The Kier molecular flexibility index (Phi) is 3.76. The number of likely N-dealkylation sites (N-methyl/N-ethyl adjacent to an activating group) is 1. The van der Waals surface area contributed by atoms with Gasteiger partial charge in [-0.3, -0.25) is 10.1 Å². The van der Waals surface area contributed by atoms with Gasteiger partial charge in [-0.15, -0.1) is 0 Å². The second kappa shape index (κ2) is 4.86. The van der Waals surface area contributed by atoms with E-state index in [4.69, 9.17) is 0 Å². The molecular formula is C10H14N2O3. The number of benzene rings is 1. The summed E-state index contributed by atoms with van der Waals surface area (Å²) in [6.45, 7) is 2.05. The summed E-state index contributed by atoms with van der Waals surface area (Å²) in [5.41, 5.74) is 1.08. The summed E-state index contributed by atoms with van der Waals surface area (Å²) in [4.78, 5) is 10.3. The Morgan fingerprint density at radius 1 is 1.60 bits per heavy atom. The van der Waals surface area contributed by atoms with Crippen molar-refractivity contribution < 1.29 is 10.0 Å². The molecule has 0 bridgehead atoms. The lowest BCUT2D eigenvalue weighted by Crippen LogP contribution is -2.18. The quantitative estimate of drug-likeness (QED) is 0.577. The van der Waals surface area contributed by atoms with E-state index in [1.807, 2.05) is 0 Å². The zero-order chi connectivity index (χ0) is 11.4. The van der Waals surface area contributed by atoms with Crippen LogP contribution in [0, 0.1) is 17.0 Å². The topological polar surface area (TPSA) is 75.4 Å². The minimum absolute atomic E-state index is 0.0299. The van der Waals surface area contributed by atoms with E-state index in [2.05, 4.69) is 5.32 Å². The molecule has 0 amide bonds. The maximum absolute atomic E-state index is 10.8. The molecule has 0 radical (unpaired) electrons. The number of aliphatic hydroxyl groups is 1. The van der Waals surface area contributed by atoms with Crippen molar-refractivity contribution in [2.45, 2.75) is 13.0 Å². The van der Waals surface area contributed by atoms with Crippen LogP contribution in [0.25, 0.3) is 0 Å². The van der Waals surface area contributed by atoms with Crippen molar-refractivity contribution in [3.05, 3.63) is 39.4 Å². The van der Waals surface area contributed by atoms with Gasteiger partial charge in [0, 0.05) is 12.6 Å². The number of aryl methyl sites for hydroxylation is 1. The molecule has 5 nitrogen and oxygen atoms in total. The molecule has 0 heterocycles. The van der Waals surface area contributed by atoms with Gasteiger partial charge in [0.15, 0.2) is 0 Å². The number of nitrogens with one attached hydrogen (secondary N) is 1. The molecule has 0 saturated carbocycles. The highest BCUT2D eigenvalue weighted by Crippen LogP contribution is 2.27. The predicted molar refractivity (Wildman–Crippen MR) is 56.7 cm³/mol. The van der Waals surface area contributed by atoms with E-state index in [0.29, 0.717) is 12.1 Å². The molecule has 0 aromatic heterocycles. The molecule has 82 valence electrons. The van der Waals surface area contributed by atoms with Crippen molar-refractivity contribution in [2.24, 2.45) is 0 Å². The minimum atomic E-state index is -0.850. The number of rotatable bonds is 4. The third kappa shape index (κ3) is 2.51. The van der Waals surface area contributed by atoms with Crippen LogP contribution in [0.4, 0.5) is 5.69 Å². The first kappa shape index (κ1) is 11.6. The molecule has 0 spiro atoms. The second-order valence-electron chi connectivity index (χ2n) is 3.34. The zero-order valence-corrected chi connectivity index (χ0v) is 8.73. The van der Waals surface area contributed by atoms with E-state index in [1.54, 1.807) is 26.1 Å². The van der Waals surface area contributed by atoms with Crippen molar-refractivity contribution in [3.63, 3.8) is 0 Å². The molecule has 1 unspecified atom stereocenters. The first-order valence-corrected chi connectivity index (χ1v) is 4.64. The largest absolute Gasteiger partial charge is 0.387 e. The first-order chi connectivity index (χ1) is 7.07. The molecule has 1 aromatic carbocycles. The van der Waals surface area contributed by atoms with Gasteiger partial charge in [-0.25, -0.2) is 0 Å². The van der Waals surface area contributed by atoms with Gasteiger partial charge in [-0.2, -0.15) is 0 Å². The molecule has 5 heteroatoms. The van der Waals surface area contributed by atoms with Gasteiger partial charge in [0.05, 0.1) is 16.6 Å². The van der Waals surface area contributed by atoms with Crippen LogP contribution in [0.3, 0.4) is 0 Å². The summed E-state index contributed by atoms with van der Waals surface area (Å²) in [5, 5.41) is 23.3. The molecular weight excluding hydrogens is 196 g/mol. The van der Waals surface area contributed by atoms with E-state index in [1.165, 1.54) is 6.07 Å². The van der Waals surface area contributed by atoms with Crippen LogP contribution in [-0.4, -0.2) is 23.6 Å². The maximum atomic E-state index is 10.8. The smallest absolute Gasteiger partial charge is 0.275 e. The molecule has 0 aliphatic heterocycles. The highest BCUT2D eigenvalue weighted by atomic mass is 16.6. The van der Waals surface area contributed by atoms with Crippen molar-refractivity contribution in [2.75, 3.05) is 13.6 Å². The fourth-order valence-corrected chi connectivity index (χ4v) is 1.55. The molecule has 15 heavy (non-hydrogen) atoms. The number of nitrogens with zero attached hydrogens (tertiary/aromatic N) is 1. The molecule has 0 aliphatic rings. The highest BCUT2D eigenvalue weighted by Gasteiger charge is 2.21. The van der Waals surface area contributed by atoms with E-state index in [0.717, 1.165) is 5.56 Å². The van der Waals surface area contributed by atoms with Crippen LogP contribution in [-0.2, 0) is 0 Å². The average molecular weight is 210 g/mol. The third-order valence-electron chi connectivity index (χ3n) is 2.23. The Balaban J connectivity index is 3.18. The van der Waals surface area contributed by atoms with Crippen molar-refractivity contribution in [3.8, 4) is 0 Å². The van der Waals surface area contributed by atoms with Gasteiger partial charge >= 0.3 is 0 Å². The monoisotopic (exact) mass is 210 g/mol. The molecule has 1 atom stereocenters. The Morgan fingerprint density at radius 2 is 2.27 bits per heavy atom. The second-order valence-corrected chi connectivity index (χ2v) is 3.34. The Hall–Kier alpha value is -1.46. The number of nitro groups is 1. The zero-order valence-electron chi connectivity index (χ0n) is 8.73. The van der Waals surface area contributed by atoms with Crippen molar-refractivity contribution in [1.29, 1.82) is 0 Å². The number of aliphatic hydroxyl groups excluding tert-OH is 1. The van der Waals surface area contributed by atoms with E-state index < -0.39 is 11.0 Å². The Labute approximate surface area is 87.9 Å². The lowest BCUT2D eigenvalue weighted by molar-refractivity contribution is -0.386. The van der Waals surface area contributed by atoms with Crippen LogP contribution >= 0.6 is 0 Å². The summed E-state index contributed by atoms with van der Waals surface area (Å²) >= 11 is 0. The minimum Gasteiger partial charge on any atom is -0.387 e. The molecule has 0 fully saturated rings. The van der Waals surface area contributed by atoms with Gasteiger partial charge in [0.25, 0.3) is 5.69 Å². The van der Waals surface area contributed by atoms with E-state index in [-0.39, 0.29) is 5.69 Å². The van der Waals surface area contributed by atoms with Gasteiger partial charge in [-0.1, -0.05) is 12.1 Å². The summed E-state index contributed by atoms with van der Waals surface area (Å²) in [6.07, 6.45) is -0.850. The molecule has 1 rings (SSSR count). The summed E-state index contributed by atoms with van der Waals surface area (Å²) < 4.78 is 0. The average Bonchev–Trinajstić information content (AvgIpc) is 2.17. The third-order valence-corrected chi connectivity index (χ3v) is 2.23. The molecule has 2 N–H and O–H groups in total. The van der Waals surface area contributed by atoms with Gasteiger partial charge in [0.2, 0.25) is 0 Å². The van der Waals surface area contributed by atoms with Gasteiger partial charge < -0.3 is 10.4 Å². The van der Waals surface area contributed by atoms with Gasteiger partial charge in [0.1, 0.15) is 0 Å². The summed E-state index contributed by atoms with van der Waals surface area (Å²) in [5.74, 6) is 0. The number of hydrogen-bond acceptors (Lipinski definition) is 4. The lowest BCUT2D eigenvalue weighted by Gasteiger charge is -2.13. The van der Waals surface area contributed by atoms with Crippen molar-refractivity contribution in [1.82, 2.24) is 5.32 Å². The molecule has 0 aliphatic carbocycles. The number of nitro benzene ring substituents is 1. The summed E-state index contributed by atoms with van der Waals surface area (Å²) in [6, 6.07) is 4.77. The molecule has 1 aromatic rings. The predicted octanol–water partition coefficient (Wildman–Crippen LogP) is 1.16. The lowest BCUT2D eigenvalue weighted by atomic mass is 10.0. The first-order valence-electron chi connectivity index (χ1n) is 4.64. The standard InChI is InChI=1S/C10H14N2O3/c1-7-4-3-5-8(12(14)15)10(7)9(13)6-11-2/h3-5,9,11,13H,6H2,1-2H3. The number of hydrogen-bond donors (Lipinski definition) is 2. The SMILES string of the molecule is CNCC(O)c1c(C)cccc1[N+](=O)[O-].